The second kappa shape index (κ2) is 7.59. The van der Waals surface area contributed by atoms with E-state index in [9.17, 15) is 9.59 Å². The van der Waals surface area contributed by atoms with Gasteiger partial charge in [-0.15, -0.1) is 11.6 Å². The van der Waals surface area contributed by atoms with Crippen molar-refractivity contribution in [2.75, 3.05) is 27.9 Å². The molecule has 0 radical (unpaired) electrons. The molecular weight excluding hydrogens is 286 g/mol. The largest absolute Gasteiger partial charge is 0.497 e. The van der Waals surface area contributed by atoms with E-state index in [4.69, 9.17) is 21.1 Å². The smallest absolute Gasteiger partial charge is 0.325 e. The van der Waals surface area contributed by atoms with Crippen LogP contribution in [0.3, 0.4) is 0 Å². The highest BCUT2D eigenvalue weighted by molar-refractivity contribution is 6.30. The van der Waals surface area contributed by atoms with Crippen molar-refractivity contribution in [2.24, 2.45) is 0 Å². The normalized spacial score (nSPS) is 11.4. The summed E-state index contributed by atoms with van der Waals surface area (Å²) >= 11 is 5.75. The zero-order valence-corrected chi connectivity index (χ0v) is 12.2. The lowest BCUT2D eigenvalue weighted by atomic mass is 10.1. The number of rotatable bonds is 6. The van der Waals surface area contributed by atoms with Crippen LogP contribution in [0.25, 0.3) is 0 Å². The molecule has 0 saturated carbocycles. The molecule has 7 heteroatoms. The van der Waals surface area contributed by atoms with Crippen molar-refractivity contribution in [1.82, 2.24) is 5.32 Å². The minimum Gasteiger partial charge on any atom is -0.497 e. The SMILES string of the molecule is COC(=O)C(Cl)CNC(=O)c1cc(OC)ccc1OC. The van der Waals surface area contributed by atoms with Crippen LogP contribution in [-0.2, 0) is 9.53 Å². The molecule has 0 spiro atoms. The number of carbonyl (C=O) groups is 2. The monoisotopic (exact) mass is 301 g/mol. The predicted molar refractivity (Wildman–Crippen MR) is 73.5 cm³/mol. The molecule has 110 valence electrons. The lowest BCUT2D eigenvalue weighted by molar-refractivity contribution is -0.140. The van der Waals surface area contributed by atoms with Gasteiger partial charge in [0.15, 0.2) is 0 Å². The molecule has 0 heterocycles. The fraction of sp³-hybridized carbons (Fsp3) is 0.385. The molecule has 0 saturated heterocycles. The van der Waals surface area contributed by atoms with E-state index < -0.39 is 17.3 Å². The number of alkyl halides is 1. The Labute approximate surface area is 122 Å². The van der Waals surface area contributed by atoms with Gasteiger partial charge in [0.2, 0.25) is 0 Å². The number of halogens is 1. The maximum atomic E-state index is 12.1. The number of esters is 1. The van der Waals surface area contributed by atoms with Gasteiger partial charge in [-0.25, -0.2) is 0 Å². The number of ether oxygens (including phenoxy) is 3. The van der Waals surface area contributed by atoms with E-state index >= 15 is 0 Å². The summed E-state index contributed by atoms with van der Waals surface area (Å²) in [7, 11) is 4.18. The Kier molecular flexibility index (Phi) is 6.11. The zero-order valence-electron chi connectivity index (χ0n) is 11.4. The van der Waals surface area contributed by atoms with Crippen molar-refractivity contribution in [3.63, 3.8) is 0 Å². The molecule has 0 aliphatic rings. The molecule has 0 fully saturated rings. The molecule has 0 aliphatic carbocycles. The van der Waals surface area contributed by atoms with Gasteiger partial charge in [0.05, 0.1) is 26.9 Å². The number of hydrogen-bond donors (Lipinski definition) is 1. The number of amides is 1. The van der Waals surface area contributed by atoms with Crippen LogP contribution in [-0.4, -0.2) is 45.1 Å². The fourth-order valence-electron chi connectivity index (χ4n) is 1.48. The topological polar surface area (TPSA) is 73.9 Å². The van der Waals surface area contributed by atoms with Gasteiger partial charge in [-0.2, -0.15) is 0 Å². The van der Waals surface area contributed by atoms with Crippen molar-refractivity contribution in [3.8, 4) is 11.5 Å². The maximum absolute atomic E-state index is 12.1. The maximum Gasteiger partial charge on any atom is 0.325 e. The van der Waals surface area contributed by atoms with Gasteiger partial charge in [0, 0.05) is 6.54 Å². The van der Waals surface area contributed by atoms with Crippen LogP contribution in [0.5, 0.6) is 11.5 Å². The molecule has 0 bridgehead atoms. The van der Waals surface area contributed by atoms with E-state index in [1.165, 1.54) is 27.4 Å². The van der Waals surface area contributed by atoms with Crippen molar-refractivity contribution < 1.29 is 23.8 Å². The van der Waals surface area contributed by atoms with Crippen LogP contribution in [0, 0.1) is 0 Å². The van der Waals surface area contributed by atoms with Crippen molar-refractivity contribution in [2.45, 2.75) is 5.38 Å². The van der Waals surface area contributed by atoms with Crippen LogP contribution in [0.2, 0.25) is 0 Å². The molecular formula is C13H16ClNO5. The van der Waals surface area contributed by atoms with Gasteiger partial charge in [-0.05, 0) is 18.2 Å². The molecule has 1 aromatic carbocycles. The summed E-state index contributed by atoms with van der Waals surface area (Å²) in [5, 5.41) is 1.59. The highest BCUT2D eigenvalue weighted by Gasteiger charge is 2.19. The first kappa shape index (κ1) is 16.1. The van der Waals surface area contributed by atoms with Crippen LogP contribution >= 0.6 is 11.6 Å². The minimum atomic E-state index is -0.944. The Bertz CT molecular complexity index is 492. The highest BCUT2D eigenvalue weighted by Crippen LogP contribution is 2.23. The molecule has 20 heavy (non-hydrogen) atoms. The average molecular weight is 302 g/mol. The number of hydrogen-bond acceptors (Lipinski definition) is 5. The van der Waals surface area contributed by atoms with E-state index in [0.29, 0.717) is 17.1 Å². The molecule has 1 rings (SSSR count). The summed E-state index contributed by atoms with van der Waals surface area (Å²) in [6.45, 7) is -0.0482. The van der Waals surface area contributed by atoms with E-state index in [1.807, 2.05) is 0 Å². The van der Waals surface area contributed by atoms with Gasteiger partial charge < -0.3 is 19.5 Å². The van der Waals surface area contributed by atoms with E-state index in [0.717, 1.165) is 0 Å². The summed E-state index contributed by atoms with van der Waals surface area (Å²) < 4.78 is 14.6. The average Bonchev–Trinajstić information content (AvgIpc) is 2.50. The lowest BCUT2D eigenvalue weighted by Crippen LogP contribution is -2.34. The van der Waals surface area contributed by atoms with E-state index in [-0.39, 0.29) is 6.54 Å². The number of nitrogens with one attached hydrogen (secondary N) is 1. The van der Waals surface area contributed by atoms with Gasteiger partial charge in [-0.1, -0.05) is 0 Å². The van der Waals surface area contributed by atoms with Crippen LogP contribution < -0.4 is 14.8 Å². The Morgan fingerprint density at radius 2 is 1.95 bits per heavy atom. The quantitative estimate of drug-likeness (QED) is 0.631. The first-order valence-electron chi connectivity index (χ1n) is 5.75. The first-order chi connectivity index (χ1) is 9.53. The van der Waals surface area contributed by atoms with Crippen molar-refractivity contribution in [3.05, 3.63) is 23.8 Å². The Hall–Kier alpha value is -1.95. The molecule has 1 amide bonds. The van der Waals surface area contributed by atoms with E-state index in [2.05, 4.69) is 10.1 Å². The Morgan fingerprint density at radius 1 is 1.25 bits per heavy atom. The molecule has 0 aliphatic heterocycles. The summed E-state index contributed by atoms with van der Waals surface area (Å²) in [5.74, 6) is -0.112. The van der Waals surface area contributed by atoms with Crippen molar-refractivity contribution in [1.29, 1.82) is 0 Å². The molecule has 0 aromatic heterocycles. The van der Waals surface area contributed by atoms with Crippen LogP contribution in [0.4, 0.5) is 0 Å². The molecule has 1 N–H and O–H groups in total. The Morgan fingerprint density at radius 3 is 2.50 bits per heavy atom. The molecule has 1 aromatic rings. The third-order valence-electron chi connectivity index (χ3n) is 2.55. The van der Waals surface area contributed by atoms with Crippen LogP contribution in [0.15, 0.2) is 18.2 Å². The summed E-state index contributed by atoms with van der Waals surface area (Å²) in [5.41, 5.74) is 0.292. The first-order valence-corrected chi connectivity index (χ1v) is 6.19. The van der Waals surface area contributed by atoms with Gasteiger partial charge in [0.1, 0.15) is 16.9 Å². The third-order valence-corrected chi connectivity index (χ3v) is 2.88. The minimum absolute atomic E-state index is 0.0482. The van der Waals surface area contributed by atoms with Gasteiger partial charge >= 0.3 is 5.97 Å². The number of carbonyl (C=O) groups excluding carboxylic acids is 2. The van der Waals surface area contributed by atoms with Gasteiger partial charge in [0.25, 0.3) is 5.91 Å². The van der Waals surface area contributed by atoms with Crippen molar-refractivity contribution >= 4 is 23.5 Å². The third kappa shape index (κ3) is 4.03. The highest BCUT2D eigenvalue weighted by atomic mass is 35.5. The number of benzene rings is 1. The standard InChI is InChI=1S/C13H16ClNO5/c1-18-8-4-5-11(19-2)9(6-8)12(16)15-7-10(14)13(17)20-3/h4-6,10H,7H2,1-3H3,(H,15,16). The predicted octanol–water partition coefficient (Wildman–Crippen LogP) is 1.21. The second-order valence-electron chi connectivity index (χ2n) is 3.77. The Balaban J connectivity index is 2.78. The summed E-state index contributed by atoms with van der Waals surface area (Å²) in [4.78, 5) is 23.2. The lowest BCUT2D eigenvalue weighted by Gasteiger charge is -2.12. The molecule has 1 unspecified atom stereocenters. The van der Waals surface area contributed by atoms with Crippen LogP contribution in [0.1, 0.15) is 10.4 Å². The van der Waals surface area contributed by atoms with E-state index in [1.54, 1.807) is 12.1 Å². The summed E-state index contributed by atoms with van der Waals surface area (Å²) in [6.07, 6.45) is 0. The van der Waals surface area contributed by atoms with Gasteiger partial charge in [-0.3, -0.25) is 9.59 Å². The molecule has 6 nitrogen and oxygen atoms in total. The number of methoxy groups -OCH3 is 3. The molecule has 1 atom stereocenters. The summed E-state index contributed by atoms with van der Waals surface area (Å²) in [6, 6.07) is 4.83. The fourth-order valence-corrected chi connectivity index (χ4v) is 1.65. The zero-order chi connectivity index (χ0) is 15.1. The second-order valence-corrected chi connectivity index (χ2v) is 4.29.